The zero-order valence-electron chi connectivity index (χ0n) is 9.49. The molecule has 2 amide bonds. The lowest BCUT2D eigenvalue weighted by Gasteiger charge is -2.12. The lowest BCUT2D eigenvalue weighted by molar-refractivity contribution is -0.123. The number of nitrogens with one attached hydrogen (secondary N) is 2. The number of aliphatic hydroxyl groups excluding tert-OH is 1. The lowest BCUT2D eigenvalue weighted by Crippen LogP contribution is -2.16. The molecule has 0 spiro atoms. The number of aliphatic hydroxyl groups is 1. The van der Waals surface area contributed by atoms with Crippen LogP contribution in [0.2, 0.25) is 0 Å². The molecule has 0 bridgehead atoms. The van der Waals surface area contributed by atoms with Gasteiger partial charge in [-0.3, -0.25) is 9.59 Å². The van der Waals surface area contributed by atoms with Crippen LogP contribution < -0.4 is 10.6 Å². The fraction of sp³-hybridized carbons (Fsp3) is 0.333. The van der Waals surface area contributed by atoms with Gasteiger partial charge in [0.05, 0.1) is 17.5 Å². The number of carbonyl (C=O) groups excluding carboxylic acids is 2. The second kappa shape index (κ2) is 4.55. The Kier molecular flexibility index (Phi) is 3.10. The maximum atomic E-state index is 11.4. The van der Waals surface area contributed by atoms with Crippen molar-refractivity contribution in [1.82, 2.24) is 0 Å². The Morgan fingerprint density at radius 2 is 1.88 bits per heavy atom. The Balaban J connectivity index is 2.37. The summed E-state index contributed by atoms with van der Waals surface area (Å²) in [4.78, 5) is 22.7. The van der Waals surface area contributed by atoms with Crippen molar-refractivity contribution in [3.63, 3.8) is 0 Å². The SMILES string of the molecule is CC[C@@H](O)c1ccc2c(c1)NC(=O)CC(=O)N2. The summed E-state index contributed by atoms with van der Waals surface area (Å²) in [6.45, 7) is 1.87. The monoisotopic (exact) mass is 234 g/mol. The van der Waals surface area contributed by atoms with Crippen molar-refractivity contribution < 1.29 is 14.7 Å². The van der Waals surface area contributed by atoms with Crippen molar-refractivity contribution in [1.29, 1.82) is 0 Å². The van der Waals surface area contributed by atoms with Crippen LogP contribution in [0.5, 0.6) is 0 Å². The molecular weight excluding hydrogens is 220 g/mol. The highest BCUT2D eigenvalue weighted by Gasteiger charge is 2.19. The van der Waals surface area contributed by atoms with Crippen molar-refractivity contribution in [3.8, 4) is 0 Å². The van der Waals surface area contributed by atoms with Gasteiger partial charge in [-0.05, 0) is 24.1 Å². The molecule has 0 aliphatic carbocycles. The van der Waals surface area contributed by atoms with E-state index >= 15 is 0 Å². The highest BCUT2D eigenvalue weighted by atomic mass is 16.3. The summed E-state index contributed by atoms with van der Waals surface area (Å²) in [5.74, 6) is -0.672. The van der Waals surface area contributed by atoms with Crippen molar-refractivity contribution >= 4 is 23.2 Å². The Morgan fingerprint density at radius 3 is 2.53 bits per heavy atom. The molecule has 1 aromatic carbocycles. The Bertz CT molecular complexity index is 471. The minimum Gasteiger partial charge on any atom is -0.388 e. The number of anilines is 2. The molecule has 5 heteroatoms. The maximum Gasteiger partial charge on any atom is 0.233 e. The molecule has 2 rings (SSSR count). The van der Waals surface area contributed by atoms with Gasteiger partial charge in [0, 0.05) is 0 Å². The van der Waals surface area contributed by atoms with E-state index < -0.39 is 6.10 Å². The molecule has 5 nitrogen and oxygen atoms in total. The van der Waals surface area contributed by atoms with Crippen molar-refractivity contribution in [2.24, 2.45) is 0 Å². The van der Waals surface area contributed by atoms with Gasteiger partial charge in [-0.15, -0.1) is 0 Å². The maximum absolute atomic E-state index is 11.4. The lowest BCUT2D eigenvalue weighted by atomic mass is 10.1. The van der Waals surface area contributed by atoms with Gasteiger partial charge in [0.25, 0.3) is 0 Å². The molecule has 0 radical (unpaired) electrons. The molecular formula is C12H14N2O3. The predicted octanol–water partition coefficient (Wildman–Crippen LogP) is 1.41. The first-order valence-electron chi connectivity index (χ1n) is 5.52. The normalized spacial score (nSPS) is 16.6. The van der Waals surface area contributed by atoms with Gasteiger partial charge in [0.1, 0.15) is 6.42 Å². The number of hydrogen-bond acceptors (Lipinski definition) is 3. The van der Waals surface area contributed by atoms with Gasteiger partial charge >= 0.3 is 0 Å². The fourth-order valence-corrected chi connectivity index (χ4v) is 1.75. The highest BCUT2D eigenvalue weighted by Crippen LogP contribution is 2.29. The third kappa shape index (κ3) is 2.45. The standard InChI is InChI=1S/C12H14N2O3/c1-2-10(15)7-3-4-8-9(5-7)14-12(17)6-11(16)13-8/h3-5,10,15H,2,6H2,1H3,(H,13,16)(H,14,17)/t10-/m1/s1. The quantitative estimate of drug-likeness (QED) is 0.677. The molecule has 0 fully saturated rings. The number of benzene rings is 1. The number of amides is 2. The molecule has 0 saturated carbocycles. The molecule has 3 N–H and O–H groups in total. The first kappa shape index (κ1) is 11.6. The predicted molar refractivity (Wildman–Crippen MR) is 63.6 cm³/mol. The van der Waals surface area contributed by atoms with Crippen LogP contribution in [0, 0.1) is 0 Å². The zero-order chi connectivity index (χ0) is 12.4. The van der Waals surface area contributed by atoms with Crippen LogP contribution in [0.3, 0.4) is 0 Å². The number of hydrogen-bond donors (Lipinski definition) is 3. The van der Waals surface area contributed by atoms with E-state index in [1.165, 1.54) is 0 Å². The first-order chi connectivity index (χ1) is 8.10. The molecule has 1 heterocycles. The van der Waals surface area contributed by atoms with Gasteiger partial charge in [0.2, 0.25) is 11.8 Å². The van der Waals surface area contributed by atoms with Crippen LogP contribution >= 0.6 is 0 Å². The third-order valence-corrected chi connectivity index (χ3v) is 2.68. The van der Waals surface area contributed by atoms with E-state index in [1.54, 1.807) is 18.2 Å². The molecule has 0 aromatic heterocycles. The minimum absolute atomic E-state index is 0.180. The molecule has 1 aliphatic rings. The van der Waals surface area contributed by atoms with Crippen LogP contribution in [0.25, 0.3) is 0 Å². The average molecular weight is 234 g/mol. The summed E-state index contributed by atoms with van der Waals surface area (Å²) in [6.07, 6.45) is -0.143. The molecule has 1 aliphatic heterocycles. The Hall–Kier alpha value is -1.88. The smallest absolute Gasteiger partial charge is 0.233 e. The van der Waals surface area contributed by atoms with E-state index in [2.05, 4.69) is 10.6 Å². The second-order valence-electron chi connectivity index (χ2n) is 4.00. The summed E-state index contributed by atoms with van der Waals surface area (Å²) in [6, 6.07) is 5.12. The molecule has 17 heavy (non-hydrogen) atoms. The number of carbonyl (C=O) groups is 2. The van der Waals surface area contributed by atoms with Gasteiger partial charge < -0.3 is 15.7 Å². The van der Waals surface area contributed by atoms with E-state index in [4.69, 9.17) is 0 Å². The first-order valence-corrected chi connectivity index (χ1v) is 5.52. The topological polar surface area (TPSA) is 78.4 Å². The van der Waals surface area contributed by atoms with E-state index in [1.807, 2.05) is 6.92 Å². The van der Waals surface area contributed by atoms with Crippen LogP contribution in [0.15, 0.2) is 18.2 Å². The third-order valence-electron chi connectivity index (χ3n) is 2.68. The zero-order valence-corrected chi connectivity index (χ0v) is 9.49. The molecule has 1 atom stereocenters. The van der Waals surface area contributed by atoms with Gasteiger partial charge in [-0.1, -0.05) is 13.0 Å². The number of fused-ring (bicyclic) bond motifs is 1. The minimum atomic E-state index is -0.559. The molecule has 0 unspecified atom stereocenters. The van der Waals surface area contributed by atoms with E-state index in [0.717, 1.165) is 5.56 Å². The van der Waals surface area contributed by atoms with E-state index in [9.17, 15) is 14.7 Å². The second-order valence-corrected chi connectivity index (χ2v) is 4.00. The van der Waals surface area contributed by atoms with Crippen LogP contribution in [-0.2, 0) is 9.59 Å². The number of rotatable bonds is 2. The van der Waals surface area contributed by atoms with Gasteiger partial charge in [-0.25, -0.2) is 0 Å². The van der Waals surface area contributed by atoms with Gasteiger partial charge in [-0.2, -0.15) is 0 Å². The molecule has 90 valence electrons. The van der Waals surface area contributed by atoms with Gasteiger partial charge in [0.15, 0.2) is 0 Å². The summed E-state index contributed by atoms with van der Waals surface area (Å²) in [5, 5.41) is 15.0. The summed E-state index contributed by atoms with van der Waals surface area (Å²) in [5.41, 5.74) is 1.82. The van der Waals surface area contributed by atoms with Crippen molar-refractivity contribution in [3.05, 3.63) is 23.8 Å². The molecule has 1 aromatic rings. The van der Waals surface area contributed by atoms with E-state index in [0.29, 0.717) is 17.8 Å². The largest absolute Gasteiger partial charge is 0.388 e. The summed E-state index contributed by atoms with van der Waals surface area (Å²) >= 11 is 0. The van der Waals surface area contributed by atoms with Crippen LogP contribution in [-0.4, -0.2) is 16.9 Å². The Labute approximate surface area is 98.8 Å². The van der Waals surface area contributed by atoms with E-state index in [-0.39, 0.29) is 18.2 Å². The van der Waals surface area contributed by atoms with Crippen LogP contribution in [0.1, 0.15) is 31.4 Å². The summed E-state index contributed by atoms with van der Waals surface area (Å²) in [7, 11) is 0. The van der Waals surface area contributed by atoms with Crippen LogP contribution in [0.4, 0.5) is 11.4 Å². The summed E-state index contributed by atoms with van der Waals surface area (Å²) < 4.78 is 0. The molecule has 0 saturated heterocycles. The van der Waals surface area contributed by atoms with Crippen molar-refractivity contribution in [2.75, 3.05) is 10.6 Å². The Morgan fingerprint density at radius 1 is 1.24 bits per heavy atom. The van der Waals surface area contributed by atoms with Crippen molar-refractivity contribution in [2.45, 2.75) is 25.9 Å². The average Bonchev–Trinajstić information content (AvgIpc) is 2.43. The highest BCUT2D eigenvalue weighted by molar-refractivity contribution is 6.13. The fourth-order valence-electron chi connectivity index (χ4n) is 1.75.